The van der Waals surface area contributed by atoms with Crippen LogP contribution in [0.4, 0.5) is 5.69 Å². The molecule has 2 bridgehead atoms. The number of fused-ring (bicyclic) bond motifs is 3. The Bertz CT molecular complexity index is 1630. The SMILES string of the molecule is COc1cc2c(cc1OC(C)C)C(c1ccc(Cl)cc1)N(c1ccc(C(C)(O)C3C[C@@H]4CCC[C@@H](C3)S4(=O)=O)cc1)C(=O)C2. The van der Waals surface area contributed by atoms with Crippen LogP contribution in [0.3, 0.4) is 0 Å². The summed E-state index contributed by atoms with van der Waals surface area (Å²) in [6, 6.07) is 18.4. The van der Waals surface area contributed by atoms with E-state index >= 15 is 0 Å². The number of hydrogen-bond donors (Lipinski definition) is 1. The number of benzene rings is 3. The molecular weight excluding hydrogens is 598 g/mol. The Kier molecular flexibility index (Phi) is 8.22. The highest BCUT2D eigenvalue weighted by Gasteiger charge is 2.49. The molecule has 3 aliphatic rings. The van der Waals surface area contributed by atoms with E-state index in [0.29, 0.717) is 53.5 Å². The monoisotopic (exact) mass is 637 g/mol. The number of halogens is 1. The summed E-state index contributed by atoms with van der Waals surface area (Å²) in [6.07, 6.45) is 3.33. The first-order chi connectivity index (χ1) is 20.9. The summed E-state index contributed by atoms with van der Waals surface area (Å²) in [5.74, 6) is 0.966. The van der Waals surface area contributed by atoms with Crippen LogP contribution in [0, 0.1) is 5.92 Å². The molecule has 1 N–H and O–H groups in total. The van der Waals surface area contributed by atoms with E-state index in [2.05, 4.69) is 0 Å². The molecule has 7 nitrogen and oxygen atoms in total. The first-order valence-electron chi connectivity index (χ1n) is 15.4. The van der Waals surface area contributed by atoms with E-state index in [0.717, 1.165) is 23.1 Å². The fourth-order valence-electron chi connectivity index (χ4n) is 7.39. The minimum Gasteiger partial charge on any atom is -0.493 e. The van der Waals surface area contributed by atoms with E-state index in [9.17, 15) is 18.3 Å². The fourth-order valence-corrected chi connectivity index (χ4v) is 10.1. The average molecular weight is 638 g/mol. The van der Waals surface area contributed by atoms with E-state index in [-0.39, 0.29) is 34.8 Å². The number of carbonyl (C=O) groups excluding carboxylic acids is 1. The van der Waals surface area contributed by atoms with Crippen molar-refractivity contribution < 1.29 is 27.8 Å². The maximum Gasteiger partial charge on any atom is 0.232 e. The smallest absolute Gasteiger partial charge is 0.232 e. The summed E-state index contributed by atoms with van der Waals surface area (Å²) in [4.78, 5) is 15.7. The fraction of sp³-hybridized carbons (Fsp3) is 0.457. The molecule has 0 radical (unpaired) electrons. The van der Waals surface area contributed by atoms with Crippen molar-refractivity contribution in [3.63, 3.8) is 0 Å². The number of ether oxygens (including phenoxy) is 2. The van der Waals surface area contributed by atoms with Crippen LogP contribution in [0.25, 0.3) is 0 Å². The van der Waals surface area contributed by atoms with Crippen LogP contribution in [0.1, 0.15) is 81.2 Å². The maximum atomic E-state index is 13.9. The largest absolute Gasteiger partial charge is 0.493 e. The van der Waals surface area contributed by atoms with Crippen LogP contribution >= 0.6 is 11.6 Å². The zero-order valence-corrected chi connectivity index (χ0v) is 27.2. The number of amides is 1. The van der Waals surface area contributed by atoms with Gasteiger partial charge in [0.05, 0.1) is 41.8 Å². The summed E-state index contributed by atoms with van der Waals surface area (Å²) < 4.78 is 37.5. The van der Waals surface area contributed by atoms with E-state index in [1.807, 2.05) is 74.5 Å². The quantitative estimate of drug-likeness (QED) is 0.307. The van der Waals surface area contributed by atoms with Crippen molar-refractivity contribution in [1.29, 1.82) is 0 Å². The zero-order chi connectivity index (χ0) is 31.4. The molecule has 9 heteroatoms. The predicted octanol–water partition coefficient (Wildman–Crippen LogP) is 6.77. The molecule has 6 rings (SSSR count). The molecule has 0 aliphatic carbocycles. The molecule has 0 spiro atoms. The molecule has 2 unspecified atom stereocenters. The number of rotatable bonds is 7. The van der Waals surface area contributed by atoms with E-state index in [4.69, 9.17) is 21.1 Å². The molecular formula is C35H40ClNO6S. The standard InChI is InChI=1S/C35H40ClNO6S/c1-21(2)43-32-20-30-23(16-31(32)42-4)17-33(38)37(34(30)22-8-12-26(36)13-9-22)27-14-10-24(11-15-27)35(3,39)25-18-28-6-5-7-29(19-25)44(28,40)41/h8-16,20-21,25,28-29,34,39H,5-7,17-19H2,1-4H3/t28-,29-,34?,35?/m0/s1. The van der Waals surface area contributed by atoms with Crippen molar-refractivity contribution in [2.45, 2.75) is 87.5 Å². The zero-order valence-electron chi connectivity index (χ0n) is 25.6. The third-order valence-electron chi connectivity index (χ3n) is 9.74. The third kappa shape index (κ3) is 5.50. The van der Waals surface area contributed by atoms with Crippen molar-refractivity contribution in [3.8, 4) is 11.5 Å². The number of hydrogen-bond acceptors (Lipinski definition) is 6. The highest BCUT2D eigenvalue weighted by molar-refractivity contribution is 7.92. The average Bonchev–Trinajstić information content (AvgIpc) is 2.96. The second-order valence-electron chi connectivity index (χ2n) is 12.9. The first kappa shape index (κ1) is 30.9. The summed E-state index contributed by atoms with van der Waals surface area (Å²) in [7, 11) is -1.53. The maximum absolute atomic E-state index is 13.9. The molecule has 3 aromatic carbocycles. The molecule has 44 heavy (non-hydrogen) atoms. The minimum atomic E-state index is -3.12. The molecule has 234 valence electrons. The van der Waals surface area contributed by atoms with Gasteiger partial charge in [-0.15, -0.1) is 0 Å². The topological polar surface area (TPSA) is 93.1 Å². The Balaban J connectivity index is 1.37. The van der Waals surface area contributed by atoms with Crippen LogP contribution in [-0.2, 0) is 26.7 Å². The summed E-state index contributed by atoms with van der Waals surface area (Å²) in [6.45, 7) is 5.71. The number of anilines is 1. The number of nitrogens with zero attached hydrogens (tertiary/aromatic N) is 1. The van der Waals surface area contributed by atoms with Gasteiger partial charge in [-0.05, 0) is 111 Å². The lowest BCUT2D eigenvalue weighted by Crippen LogP contribution is -2.48. The van der Waals surface area contributed by atoms with Crippen molar-refractivity contribution in [2.24, 2.45) is 5.92 Å². The second-order valence-corrected chi connectivity index (χ2v) is 15.8. The van der Waals surface area contributed by atoms with Gasteiger partial charge in [-0.3, -0.25) is 4.79 Å². The highest BCUT2D eigenvalue weighted by atomic mass is 35.5. The number of methoxy groups -OCH3 is 1. The van der Waals surface area contributed by atoms with Crippen molar-refractivity contribution in [3.05, 3.63) is 87.9 Å². The van der Waals surface area contributed by atoms with Gasteiger partial charge in [-0.25, -0.2) is 8.42 Å². The summed E-state index contributed by atoms with van der Waals surface area (Å²) in [5, 5.41) is 11.7. The van der Waals surface area contributed by atoms with Gasteiger partial charge in [0.25, 0.3) is 0 Å². The van der Waals surface area contributed by atoms with Crippen LogP contribution in [0.5, 0.6) is 11.5 Å². The first-order valence-corrected chi connectivity index (χ1v) is 17.4. The Morgan fingerprint density at radius 2 is 1.61 bits per heavy atom. The van der Waals surface area contributed by atoms with Crippen LogP contribution in [0.2, 0.25) is 5.02 Å². The van der Waals surface area contributed by atoms with E-state index in [1.165, 1.54) is 0 Å². The molecule has 2 fully saturated rings. The van der Waals surface area contributed by atoms with Crippen molar-refractivity contribution in [2.75, 3.05) is 12.0 Å². The van der Waals surface area contributed by atoms with Gasteiger partial charge in [0.2, 0.25) is 5.91 Å². The Morgan fingerprint density at radius 1 is 0.977 bits per heavy atom. The lowest BCUT2D eigenvalue weighted by Gasteiger charge is -2.44. The highest BCUT2D eigenvalue weighted by Crippen LogP contribution is 2.48. The van der Waals surface area contributed by atoms with Crippen molar-refractivity contribution >= 4 is 33.0 Å². The molecule has 2 saturated heterocycles. The molecule has 4 atom stereocenters. The molecule has 1 amide bonds. The van der Waals surface area contributed by atoms with Gasteiger partial charge in [0.15, 0.2) is 21.3 Å². The van der Waals surface area contributed by atoms with Gasteiger partial charge in [0.1, 0.15) is 0 Å². The number of carbonyl (C=O) groups is 1. The van der Waals surface area contributed by atoms with Crippen LogP contribution in [-0.4, -0.2) is 43.1 Å². The summed E-state index contributed by atoms with van der Waals surface area (Å²) >= 11 is 6.25. The number of aliphatic hydroxyl groups is 1. The molecule has 0 aromatic heterocycles. The van der Waals surface area contributed by atoms with Gasteiger partial charge >= 0.3 is 0 Å². The van der Waals surface area contributed by atoms with Gasteiger partial charge in [-0.2, -0.15) is 0 Å². The Labute approximate surface area is 265 Å². The van der Waals surface area contributed by atoms with Gasteiger partial charge in [-0.1, -0.05) is 42.3 Å². The minimum absolute atomic E-state index is 0.0677. The Hall–Kier alpha value is -3.07. The van der Waals surface area contributed by atoms with Crippen molar-refractivity contribution in [1.82, 2.24) is 0 Å². The van der Waals surface area contributed by atoms with Gasteiger partial charge in [0, 0.05) is 10.7 Å². The molecule has 3 heterocycles. The van der Waals surface area contributed by atoms with Crippen LogP contribution < -0.4 is 14.4 Å². The molecule has 0 saturated carbocycles. The summed E-state index contributed by atoms with van der Waals surface area (Å²) in [5.41, 5.74) is 2.93. The van der Waals surface area contributed by atoms with Gasteiger partial charge < -0.3 is 19.5 Å². The lowest BCUT2D eigenvalue weighted by atomic mass is 9.75. The predicted molar refractivity (Wildman–Crippen MR) is 172 cm³/mol. The molecule has 3 aromatic rings. The number of sulfone groups is 1. The van der Waals surface area contributed by atoms with E-state index in [1.54, 1.807) is 18.9 Å². The lowest BCUT2D eigenvalue weighted by molar-refractivity contribution is -0.118. The molecule has 3 aliphatic heterocycles. The Morgan fingerprint density at radius 3 is 2.20 bits per heavy atom. The second kappa shape index (κ2) is 11.7. The normalized spacial score (nSPS) is 25.7. The van der Waals surface area contributed by atoms with E-state index < -0.39 is 21.5 Å². The third-order valence-corrected chi connectivity index (χ3v) is 12.7. The van der Waals surface area contributed by atoms with Crippen LogP contribution in [0.15, 0.2) is 60.7 Å².